The number of halogens is 1. The van der Waals surface area contributed by atoms with Crippen molar-refractivity contribution in [2.24, 2.45) is 0 Å². The summed E-state index contributed by atoms with van der Waals surface area (Å²) in [4.78, 5) is 12.6. The highest BCUT2D eigenvalue weighted by molar-refractivity contribution is 6.32. The molecule has 0 spiro atoms. The maximum atomic E-state index is 12.6. The molecule has 1 amide bonds. The quantitative estimate of drug-likeness (QED) is 0.229. The van der Waals surface area contributed by atoms with Gasteiger partial charge in [-0.3, -0.25) is 4.79 Å². The van der Waals surface area contributed by atoms with Crippen LogP contribution in [-0.4, -0.2) is 13.0 Å². The molecule has 0 aliphatic heterocycles. The Balaban J connectivity index is 1.53. The molecule has 0 saturated heterocycles. The van der Waals surface area contributed by atoms with Crippen LogP contribution in [0.4, 0.5) is 5.69 Å². The van der Waals surface area contributed by atoms with Gasteiger partial charge in [-0.2, -0.15) is 5.26 Å². The van der Waals surface area contributed by atoms with E-state index >= 15 is 0 Å². The summed E-state index contributed by atoms with van der Waals surface area (Å²) in [5.74, 6) is 0.283. The van der Waals surface area contributed by atoms with Gasteiger partial charge in [0.25, 0.3) is 5.91 Å². The van der Waals surface area contributed by atoms with Crippen molar-refractivity contribution in [3.8, 4) is 17.6 Å². The topological polar surface area (TPSA) is 71.3 Å². The number of amides is 1. The first-order valence-electron chi connectivity index (χ1n) is 10.9. The fraction of sp³-hybridized carbons (Fsp3) is 0.103. The molecule has 0 aliphatic rings. The Kier molecular flexibility index (Phi) is 7.35. The Hall–Kier alpha value is -4.27. The number of hydrogen-bond donors (Lipinski definition) is 1. The Morgan fingerprint density at radius 1 is 1.03 bits per heavy atom. The molecule has 4 rings (SSSR count). The van der Waals surface area contributed by atoms with E-state index in [1.165, 1.54) is 13.2 Å². The molecule has 0 bridgehead atoms. The minimum absolute atomic E-state index is 0.0615. The Labute approximate surface area is 209 Å². The summed E-state index contributed by atoms with van der Waals surface area (Å²) in [7, 11) is 1.51. The molecule has 1 N–H and O–H groups in total. The molecule has 0 atom stereocenters. The van der Waals surface area contributed by atoms with E-state index in [2.05, 4.69) is 23.5 Å². The van der Waals surface area contributed by atoms with Crippen molar-refractivity contribution in [2.45, 2.75) is 13.5 Å². The number of carbonyl (C=O) groups excluding carboxylic acids is 1. The number of anilines is 1. The first-order chi connectivity index (χ1) is 17.0. The summed E-state index contributed by atoms with van der Waals surface area (Å²) in [6.07, 6.45) is 1.46. The summed E-state index contributed by atoms with van der Waals surface area (Å²) >= 11 is 6.51. The molecule has 0 saturated carbocycles. The third-order valence-electron chi connectivity index (χ3n) is 5.43. The van der Waals surface area contributed by atoms with Crippen LogP contribution in [-0.2, 0) is 11.4 Å². The summed E-state index contributed by atoms with van der Waals surface area (Å²) < 4.78 is 11.5. The van der Waals surface area contributed by atoms with Crippen molar-refractivity contribution in [1.82, 2.24) is 0 Å². The van der Waals surface area contributed by atoms with Gasteiger partial charge in [-0.05, 0) is 65.2 Å². The molecule has 0 heterocycles. The smallest absolute Gasteiger partial charge is 0.266 e. The first-order valence-corrected chi connectivity index (χ1v) is 11.3. The summed E-state index contributed by atoms with van der Waals surface area (Å²) in [5, 5.41) is 14.9. The molecule has 0 radical (unpaired) electrons. The molecule has 0 fully saturated rings. The lowest BCUT2D eigenvalue weighted by atomic mass is 10.1. The molecule has 4 aromatic rings. The third kappa shape index (κ3) is 5.81. The van der Waals surface area contributed by atoms with Gasteiger partial charge in [0.2, 0.25) is 0 Å². The largest absolute Gasteiger partial charge is 0.493 e. The number of ether oxygens (including phenoxy) is 2. The number of methoxy groups -OCH3 is 1. The lowest BCUT2D eigenvalue weighted by molar-refractivity contribution is -0.112. The fourth-order valence-corrected chi connectivity index (χ4v) is 3.87. The average Bonchev–Trinajstić information content (AvgIpc) is 2.87. The van der Waals surface area contributed by atoms with E-state index in [1.54, 1.807) is 24.3 Å². The zero-order chi connectivity index (χ0) is 24.8. The summed E-state index contributed by atoms with van der Waals surface area (Å²) in [6.45, 7) is 2.26. The lowest BCUT2D eigenvalue weighted by Crippen LogP contribution is -2.13. The second-order valence-electron chi connectivity index (χ2n) is 7.99. The number of aryl methyl sites for hydroxylation is 1. The predicted octanol–water partition coefficient (Wildman–Crippen LogP) is 6.93. The van der Waals surface area contributed by atoms with Gasteiger partial charge in [0.05, 0.1) is 12.1 Å². The SMILES string of the molecule is COc1cc(C=C(C#N)C(=O)Nc2ccc(C)cc2)cc(Cl)c1OCc1ccc2ccccc2c1. The number of nitriles is 1. The van der Waals surface area contributed by atoms with Crippen molar-refractivity contribution in [3.05, 3.63) is 106 Å². The second-order valence-corrected chi connectivity index (χ2v) is 8.40. The number of rotatable bonds is 7. The van der Waals surface area contributed by atoms with E-state index in [1.807, 2.05) is 49.4 Å². The van der Waals surface area contributed by atoms with Gasteiger partial charge in [0.15, 0.2) is 11.5 Å². The molecule has 0 aromatic heterocycles. The molecule has 0 aliphatic carbocycles. The highest BCUT2D eigenvalue weighted by atomic mass is 35.5. The van der Waals surface area contributed by atoms with E-state index in [-0.39, 0.29) is 5.57 Å². The molecule has 5 nitrogen and oxygen atoms in total. The van der Waals surface area contributed by atoms with Crippen molar-refractivity contribution in [3.63, 3.8) is 0 Å². The first kappa shape index (κ1) is 23.9. The van der Waals surface area contributed by atoms with Crippen LogP contribution < -0.4 is 14.8 Å². The minimum atomic E-state index is -0.511. The number of hydrogen-bond acceptors (Lipinski definition) is 4. The van der Waals surface area contributed by atoms with E-state index in [0.29, 0.717) is 34.4 Å². The zero-order valence-corrected chi connectivity index (χ0v) is 20.1. The molecule has 174 valence electrons. The van der Waals surface area contributed by atoms with Gasteiger partial charge in [-0.1, -0.05) is 65.7 Å². The normalized spacial score (nSPS) is 11.1. The number of nitrogens with zero attached hydrogens (tertiary/aromatic N) is 1. The van der Waals surface area contributed by atoms with Crippen molar-refractivity contribution in [1.29, 1.82) is 5.26 Å². The van der Waals surface area contributed by atoms with E-state index in [0.717, 1.165) is 21.9 Å². The zero-order valence-electron chi connectivity index (χ0n) is 19.3. The van der Waals surface area contributed by atoms with Gasteiger partial charge < -0.3 is 14.8 Å². The highest BCUT2D eigenvalue weighted by Gasteiger charge is 2.15. The van der Waals surface area contributed by atoms with Crippen molar-refractivity contribution >= 4 is 40.0 Å². The van der Waals surface area contributed by atoms with E-state index in [9.17, 15) is 10.1 Å². The van der Waals surface area contributed by atoms with Gasteiger partial charge in [-0.25, -0.2) is 0 Å². The minimum Gasteiger partial charge on any atom is -0.493 e. The van der Waals surface area contributed by atoms with Crippen molar-refractivity contribution in [2.75, 3.05) is 12.4 Å². The van der Waals surface area contributed by atoms with Crippen molar-refractivity contribution < 1.29 is 14.3 Å². The van der Waals surface area contributed by atoms with Crippen LogP contribution in [0, 0.1) is 18.3 Å². The van der Waals surface area contributed by atoms with E-state index in [4.69, 9.17) is 21.1 Å². The Bertz CT molecular complexity index is 1450. The third-order valence-corrected chi connectivity index (χ3v) is 5.72. The van der Waals surface area contributed by atoms with Gasteiger partial charge >= 0.3 is 0 Å². The van der Waals surface area contributed by atoms with Crippen LogP contribution in [0.3, 0.4) is 0 Å². The molecule has 0 unspecified atom stereocenters. The predicted molar refractivity (Wildman–Crippen MR) is 140 cm³/mol. The average molecular weight is 483 g/mol. The second kappa shape index (κ2) is 10.8. The van der Waals surface area contributed by atoms with Crippen LogP contribution in [0.5, 0.6) is 11.5 Å². The summed E-state index contributed by atoms with van der Waals surface area (Å²) in [5.41, 5.74) is 3.15. The lowest BCUT2D eigenvalue weighted by Gasteiger charge is -2.14. The van der Waals surface area contributed by atoms with Crippen LogP contribution >= 0.6 is 11.6 Å². The van der Waals surface area contributed by atoms with E-state index < -0.39 is 5.91 Å². The standard InChI is InChI=1S/C29H23ClN2O3/c1-19-7-11-25(12-8-19)32-29(33)24(17-31)14-21-15-26(30)28(27(16-21)34-2)35-18-20-9-10-22-5-3-4-6-23(22)13-20/h3-16H,18H2,1-2H3,(H,32,33). The van der Waals surface area contributed by atoms with Gasteiger partial charge in [0, 0.05) is 5.69 Å². The Morgan fingerprint density at radius 2 is 1.77 bits per heavy atom. The highest BCUT2D eigenvalue weighted by Crippen LogP contribution is 2.37. The van der Waals surface area contributed by atoms with Crippen LogP contribution in [0.2, 0.25) is 5.02 Å². The monoisotopic (exact) mass is 482 g/mol. The fourth-order valence-electron chi connectivity index (χ4n) is 3.60. The number of fused-ring (bicyclic) bond motifs is 1. The van der Waals surface area contributed by atoms with Crippen LogP contribution in [0.15, 0.2) is 84.4 Å². The maximum absolute atomic E-state index is 12.6. The Morgan fingerprint density at radius 3 is 2.49 bits per heavy atom. The number of nitrogens with one attached hydrogen (secondary N) is 1. The van der Waals surface area contributed by atoms with Crippen LogP contribution in [0.1, 0.15) is 16.7 Å². The molecule has 4 aromatic carbocycles. The van der Waals surface area contributed by atoms with Gasteiger partial charge in [0.1, 0.15) is 18.2 Å². The number of benzene rings is 4. The maximum Gasteiger partial charge on any atom is 0.266 e. The summed E-state index contributed by atoms with van der Waals surface area (Å²) in [6, 6.07) is 26.8. The molecular weight excluding hydrogens is 460 g/mol. The number of carbonyl (C=O) groups is 1. The van der Waals surface area contributed by atoms with Gasteiger partial charge in [-0.15, -0.1) is 0 Å². The molecule has 35 heavy (non-hydrogen) atoms. The molecule has 6 heteroatoms. The van der Waals surface area contributed by atoms with Crippen LogP contribution in [0.25, 0.3) is 16.8 Å². The molecular formula is C29H23ClN2O3.